The highest BCUT2D eigenvalue weighted by molar-refractivity contribution is 5.91. The lowest BCUT2D eigenvalue weighted by Gasteiger charge is -2.07. The predicted molar refractivity (Wildman–Crippen MR) is 103 cm³/mol. The fraction of sp³-hybridized carbons (Fsp3) is 0.0909. The minimum atomic E-state index is -0.513. The van der Waals surface area contributed by atoms with Crippen LogP contribution in [0.5, 0.6) is 11.5 Å². The molecule has 0 fully saturated rings. The van der Waals surface area contributed by atoms with E-state index in [0.717, 1.165) is 11.1 Å². The summed E-state index contributed by atoms with van der Waals surface area (Å²) >= 11 is 0. The molecule has 1 amide bonds. The maximum atomic E-state index is 14.2. The molecule has 0 aliphatic rings. The molecule has 27 heavy (non-hydrogen) atoms. The first-order chi connectivity index (χ1) is 13.1. The van der Waals surface area contributed by atoms with Crippen molar-refractivity contribution >= 4 is 12.0 Å². The number of carbonyl (C=O) groups is 1. The highest BCUT2D eigenvalue weighted by Gasteiger charge is 2.06. The number of aryl methyl sites for hydroxylation is 1. The summed E-state index contributed by atoms with van der Waals surface area (Å²) in [6.45, 7) is 2.44. The fourth-order valence-electron chi connectivity index (χ4n) is 2.46. The Morgan fingerprint density at radius 2 is 2.04 bits per heavy atom. The number of amides is 1. The third-order valence-electron chi connectivity index (χ3n) is 3.96. The molecule has 3 rings (SSSR count). The maximum Gasteiger partial charge on any atom is 0.244 e. The van der Waals surface area contributed by atoms with Gasteiger partial charge in [-0.05, 0) is 54.0 Å². The van der Waals surface area contributed by atoms with Gasteiger partial charge < -0.3 is 10.1 Å². The van der Waals surface area contributed by atoms with Crippen LogP contribution in [0.15, 0.2) is 73.1 Å². The van der Waals surface area contributed by atoms with Crippen molar-refractivity contribution in [2.45, 2.75) is 13.5 Å². The van der Waals surface area contributed by atoms with Gasteiger partial charge in [-0.25, -0.2) is 4.39 Å². The van der Waals surface area contributed by atoms with Crippen LogP contribution in [0.2, 0.25) is 0 Å². The number of nitrogens with one attached hydrogen (secondary N) is 1. The second-order valence-corrected chi connectivity index (χ2v) is 5.96. The van der Waals surface area contributed by atoms with Crippen LogP contribution in [0.3, 0.4) is 0 Å². The molecule has 136 valence electrons. The first-order valence-corrected chi connectivity index (χ1v) is 8.49. The van der Waals surface area contributed by atoms with Crippen LogP contribution in [-0.4, -0.2) is 10.9 Å². The van der Waals surface area contributed by atoms with E-state index in [-0.39, 0.29) is 11.7 Å². The van der Waals surface area contributed by atoms with E-state index in [1.807, 2.05) is 31.2 Å². The minimum absolute atomic E-state index is 0.101. The second kappa shape index (κ2) is 8.76. The van der Waals surface area contributed by atoms with Crippen molar-refractivity contribution in [3.8, 4) is 11.5 Å². The quantitative estimate of drug-likeness (QED) is 0.650. The second-order valence-electron chi connectivity index (χ2n) is 5.96. The van der Waals surface area contributed by atoms with Gasteiger partial charge in [-0.2, -0.15) is 0 Å². The van der Waals surface area contributed by atoms with Crippen molar-refractivity contribution < 1.29 is 13.9 Å². The molecule has 0 spiro atoms. The molecule has 0 bridgehead atoms. The monoisotopic (exact) mass is 362 g/mol. The third-order valence-corrected chi connectivity index (χ3v) is 3.96. The lowest BCUT2D eigenvalue weighted by atomic mass is 10.1. The molecule has 0 saturated heterocycles. The number of aromatic nitrogens is 1. The lowest BCUT2D eigenvalue weighted by Crippen LogP contribution is -2.20. The molecule has 2 aromatic carbocycles. The van der Waals surface area contributed by atoms with Crippen molar-refractivity contribution in [3.63, 3.8) is 0 Å². The summed E-state index contributed by atoms with van der Waals surface area (Å²) in [5.74, 6) is -0.199. The molecule has 0 unspecified atom stereocenters. The average molecular weight is 362 g/mol. The number of halogens is 1. The van der Waals surface area contributed by atoms with Crippen LogP contribution < -0.4 is 10.1 Å². The van der Waals surface area contributed by atoms with E-state index in [4.69, 9.17) is 4.74 Å². The number of rotatable bonds is 6. The van der Waals surface area contributed by atoms with Crippen LogP contribution in [0.1, 0.15) is 16.7 Å². The Labute approximate surface area is 157 Å². The minimum Gasteiger partial charge on any atom is -0.453 e. The van der Waals surface area contributed by atoms with Gasteiger partial charge in [0.1, 0.15) is 5.75 Å². The lowest BCUT2D eigenvalue weighted by molar-refractivity contribution is -0.116. The number of pyridine rings is 1. The van der Waals surface area contributed by atoms with Crippen molar-refractivity contribution in [2.75, 3.05) is 0 Å². The molecular formula is C22H19FN2O2. The SMILES string of the molecule is Cc1ccccc1CNC(=O)/C=C/c1ccc(Oc2cccnc2)c(F)c1. The average Bonchev–Trinajstić information content (AvgIpc) is 2.68. The van der Waals surface area contributed by atoms with Crippen molar-refractivity contribution in [1.82, 2.24) is 10.3 Å². The fourth-order valence-corrected chi connectivity index (χ4v) is 2.46. The Kier molecular flexibility index (Phi) is 5.94. The summed E-state index contributed by atoms with van der Waals surface area (Å²) in [7, 11) is 0. The van der Waals surface area contributed by atoms with Gasteiger partial charge in [0.15, 0.2) is 11.6 Å². The molecule has 0 radical (unpaired) electrons. The Morgan fingerprint density at radius 1 is 1.19 bits per heavy atom. The van der Waals surface area contributed by atoms with Crippen LogP contribution in [0, 0.1) is 12.7 Å². The summed E-state index contributed by atoms with van der Waals surface area (Å²) < 4.78 is 19.6. The number of hydrogen-bond donors (Lipinski definition) is 1. The van der Waals surface area contributed by atoms with Crippen molar-refractivity contribution in [1.29, 1.82) is 0 Å². The van der Waals surface area contributed by atoms with Gasteiger partial charge in [0.25, 0.3) is 0 Å². The molecule has 0 saturated carbocycles. The first kappa shape index (κ1) is 18.3. The Morgan fingerprint density at radius 3 is 2.78 bits per heavy atom. The number of carbonyl (C=O) groups excluding carboxylic acids is 1. The van der Waals surface area contributed by atoms with Crippen molar-refractivity contribution in [2.24, 2.45) is 0 Å². The van der Waals surface area contributed by atoms with Crippen LogP contribution >= 0.6 is 0 Å². The molecule has 0 aliphatic carbocycles. The van der Waals surface area contributed by atoms with E-state index in [1.165, 1.54) is 24.4 Å². The highest BCUT2D eigenvalue weighted by atomic mass is 19.1. The molecule has 1 aromatic heterocycles. The number of hydrogen-bond acceptors (Lipinski definition) is 3. The normalized spacial score (nSPS) is 10.7. The van der Waals surface area contributed by atoms with Gasteiger partial charge in [0.05, 0.1) is 6.20 Å². The molecule has 1 heterocycles. The first-order valence-electron chi connectivity index (χ1n) is 8.49. The van der Waals surface area contributed by atoms with Gasteiger partial charge in [0.2, 0.25) is 5.91 Å². The van der Waals surface area contributed by atoms with E-state index < -0.39 is 5.82 Å². The zero-order valence-electron chi connectivity index (χ0n) is 14.9. The Balaban J connectivity index is 1.59. The summed E-state index contributed by atoms with van der Waals surface area (Å²) in [6.07, 6.45) is 6.06. The summed E-state index contributed by atoms with van der Waals surface area (Å²) in [5.41, 5.74) is 2.74. The number of benzene rings is 2. The van der Waals surface area contributed by atoms with Gasteiger partial charge in [-0.3, -0.25) is 9.78 Å². The van der Waals surface area contributed by atoms with E-state index in [2.05, 4.69) is 10.3 Å². The number of nitrogens with zero attached hydrogens (tertiary/aromatic N) is 1. The largest absolute Gasteiger partial charge is 0.453 e. The van der Waals surface area contributed by atoms with E-state index >= 15 is 0 Å². The zero-order chi connectivity index (χ0) is 19.1. The summed E-state index contributed by atoms with van der Waals surface area (Å²) in [4.78, 5) is 15.9. The van der Waals surface area contributed by atoms with E-state index in [0.29, 0.717) is 17.9 Å². The zero-order valence-corrected chi connectivity index (χ0v) is 14.9. The van der Waals surface area contributed by atoms with Crippen LogP contribution in [0.25, 0.3) is 6.08 Å². The van der Waals surface area contributed by atoms with Gasteiger partial charge in [-0.1, -0.05) is 30.3 Å². The van der Waals surface area contributed by atoms with Crippen LogP contribution in [0.4, 0.5) is 4.39 Å². The predicted octanol–water partition coefficient (Wildman–Crippen LogP) is 4.65. The van der Waals surface area contributed by atoms with Gasteiger partial charge in [-0.15, -0.1) is 0 Å². The number of ether oxygens (including phenoxy) is 1. The topological polar surface area (TPSA) is 51.2 Å². The molecular weight excluding hydrogens is 343 g/mol. The Bertz CT molecular complexity index is 956. The molecule has 0 aliphatic heterocycles. The third kappa shape index (κ3) is 5.25. The Hall–Kier alpha value is -3.47. The van der Waals surface area contributed by atoms with E-state index in [1.54, 1.807) is 30.5 Å². The van der Waals surface area contributed by atoms with Gasteiger partial charge >= 0.3 is 0 Å². The molecule has 3 aromatic rings. The standard InChI is InChI=1S/C22H19FN2O2/c1-16-5-2-3-6-18(16)14-25-22(26)11-9-17-8-10-21(20(23)13-17)27-19-7-4-12-24-15-19/h2-13,15H,14H2,1H3,(H,25,26)/b11-9+. The van der Waals surface area contributed by atoms with Crippen molar-refractivity contribution in [3.05, 3.63) is 95.6 Å². The molecule has 5 heteroatoms. The summed E-state index contributed by atoms with van der Waals surface area (Å²) in [5, 5.41) is 2.82. The highest BCUT2D eigenvalue weighted by Crippen LogP contribution is 2.24. The van der Waals surface area contributed by atoms with Crippen LogP contribution in [-0.2, 0) is 11.3 Å². The smallest absolute Gasteiger partial charge is 0.244 e. The van der Waals surface area contributed by atoms with Gasteiger partial charge in [0, 0.05) is 18.8 Å². The summed E-state index contributed by atoms with van der Waals surface area (Å²) in [6, 6.07) is 15.8. The maximum absolute atomic E-state index is 14.2. The molecule has 4 nitrogen and oxygen atoms in total. The molecule has 1 N–H and O–H groups in total. The van der Waals surface area contributed by atoms with E-state index in [9.17, 15) is 9.18 Å². The molecule has 0 atom stereocenters.